The Bertz CT molecular complexity index is 832. The number of benzene rings is 2. The molecular weight excluding hydrogens is 321 g/mol. The summed E-state index contributed by atoms with van der Waals surface area (Å²) in [5, 5.41) is 10.5. The molecule has 130 valence electrons. The van der Waals surface area contributed by atoms with Crippen LogP contribution in [0, 0.1) is 11.2 Å². The Morgan fingerprint density at radius 3 is 2.80 bits per heavy atom. The van der Waals surface area contributed by atoms with E-state index >= 15 is 0 Å². The molecule has 1 aliphatic carbocycles. The van der Waals surface area contributed by atoms with Gasteiger partial charge in [0.25, 0.3) is 5.91 Å². The summed E-state index contributed by atoms with van der Waals surface area (Å²) in [4.78, 5) is 12.4. The number of anilines is 1. The highest BCUT2D eigenvalue weighted by molar-refractivity contribution is 5.95. The molecule has 0 radical (unpaired) electrons. The van der Waals surface area contributed by atoms with Crippen molar-refractivity contribution in [1.29, 1.82) is 5.41 Å². The standard InChI is InChI=1S/C19H20FN3O2/c1-25-18-8-12(4-6-16(18)20)19(24)23-10-15-13(11-2-3-11)5-7-17(22)14(15)9-21/h4-9,11,21H,2-3,10,22H2,1H3,(H,23,24). The van der Waals surface area contributed by atoms with E-state index in [9.17, 15) is 9.18 Å². The number of nitrogens with one attached hydrogen (secondary N) is 2. The molecule has 0 heterocycles. The second-order valence-corrected chi connectivity index (χ2v) is 6.09. The van der Waals surface area contributed by atoms with Crippen molar-refractivity contribution >= 4 is 17.8 Å². The molecule has 0 unspecified atom stereocenters. The molecule has 0 atom stereocenters. The number of amides is 1. The Labute approximate surface area is 145 Å². The van der Waals surface area contributed by atoms with Crippen LogP contribution >= 0.6 is 0 Å². The number of nitrogens with two attached hydrogens (primary N) is 1. The molecule has 2 aromatic rings. The van der Waals surface area contributed by atoms with E-state index in [-0.39, 0.29) is 18.2 Å². The van der Waals surface area contributed by atoms with Crippen LogP contribution in [-0.4, -0.2) is 19.2 Å². The Hall–Kier alpha value is -2.89. The molecule has 5 nitrogen and oxygen atoms in total. The Morgan fingerprint density at radius 1 is 1.40 bits per heavy atom. The SMILES string of the molecule is COc1cc(C(=O)NCc2c(C3CC3)ccc(N)c2C=N)ccc1F. The minimum absolute atomic E-state index is 0.0236. The van der Waals surface area contributed by atoms with Crippen molar-refractivity contribution in [3.63, 3.8) is 0 Å². The first kappa shape index (κ1) is 17.0. The summed E-state index contributed by atoms with van der Waals surface area (Å²) in [6, 6.07) is 7.76. The first-order valence-corrected chi connectivity index (χ1v) is 8.08. The number of ether oxygens (including phenoxy) is 1. The Morgan fingerprint density at radius 2 is 2.16 bits per heavy atom. The molecule has 25 heavy (non-hydrogen) atoms. The first-order valence-electron chi connectivity index (χ1n) is 8.08. The van der Waals surface area contributed by atoms with Crippen LogP contribution < -0.4 is 15.8 Å². The smallest absolute Gasteiger partial charge is 0.251 e. The van der Waals surface area contributed by atoms with Gasteiger partial charge in [-0.1, -0.05) is 6.07 Å². The van der Waals surface area contributed by atoms with E-state index in [1.807, 2.05) is 12.1 Å². The highest BCUT2D eigenvalue weighted by Gasteiger charge is 2.27. The van der Waals surface area contributed by atoms with E-state index in [0.29, 0.717) is 22.7 Å². The van der Waals surface area contributed by atoms with E-state index in [2.05, 4.69) is 5.32 Å². The van der Waals surface area contributed by atoms with Gasteiger partial charge >= 0.3 is 0 Å². The molecule has 1 aliphatic rings. The van der Waals surface area contributed by atoms with Gasteiger partial charge < -0.3 is 21.2 Å². The number of hydrogen-bond donors (Lipinski definition) is 3. The quantitative estimate of drug-likeness (QED) is 0.557. The summed E-state index contributed by atoms with van der Waals surface area (Å²) in [7, 11) is 1.35. The van der Waals surface area contributed by atoms with Crippen LogP contribution in [0.25, 0.3) is 0 Å². The van der Waals surface area contributed by atoms with E-state index in [4.69, 9.17) is 15.9 Å². The summed E-state index contributed by atoms with van der Waals surface area (Å²) in [5.41, 5.74) is 9.45. The van der Waals surface area contributed by atoms with Gasteiger partial charge in [0.1, 0.15) is 0 Å². The van der Waals surface area contributed by atoms with Crippen molar-refractivity contribution in [3.8, 4) is 5.75 Å². The molecule has 2 aromatic carbocycles. The maximum absolute atomic E-state index is 13.5. The third kappa shape index (κ3) is 3.47. The van der Waals surface area contributed by atoms with Gasteiger partial charge in [-0.25, -0.2) is 4.39 Å². The molecule has 0 saturated heterocycles. The van der Waals surface area contributed by atoms with Gasteiger partial charge in [0.15, 0.2) is 11.6 Å². The van der Waals surface area contributed by atoms with E-state index in [0.717, 1.165) is 24.0 Å². The fourth-order valence-corrected chi connectivity index (χ4v) is 2.92. The van der Waals surface area contributed by atoms with Gasteiger partial charge in [0.05, 0.1) is 7.11 Å². The molecule has 0 spiro atoms. The number of rotatable bonds is 6. The van der Waals surface area contributed by atoms with Crippen LogP contribution in [0.1, 0.15) is 45.8 Å². The molecular formula is C19H20FN3O2. The average Bonchev–Trinajstić information content (AvgIpc) is 3.45. The van der Waals surface area contributed by atoms with Gasteiger partial charge in [-0.05, 0) is 54.2 Å². The molecule has 1 amide bonds. The maximum atomic E-state index is 13.5. The van der Waals surface area contributed by atoms with Crippen molar-refractivity contribution in [2.45, 2.75) is 25.3 Å². The fraction of sp³-hybridized carbons (Fsp3) is 0.263. The third-order valence-corrected chi connectivity index (χ3v) is 4.43. The topological polar surface area (TPSA) is 88.2 Å². The Kier molecular flexibility index (Phi) is 4.70. The highest BCUT2D eigenvalue weighted by Crippen LogP contribution is 2.43. The molecule has 1 saturated carbocycles. The maximum Gasteiger partial charge on any atom is 0.251 e. The van der Waals surface area contributed by atoms with Crippen LogP contribution in [-0.2, 0) is 6.54 Å². The second-order valence-electron chi connectivity index (χ2n) is 6.09. The average molecular weight is 341 g/mol. The summed E-state index contributed by atoms with van der Waals surface area (Å²) in [5.74, 6) is -0.358. The summed E-state index contributed by atoms with van der Waals surface area (Å²) >= 11 is 0. The van der Waals surface area contributed by atoms with E-state index in [1.54, 1.807) is 0 Å². The minimum Gasteiger partial charge on any atom is -0.494 e. The summed E-state index contributed by atoms with van der Waals surface area (Å²) in [6.45, 7) is 0.264. The number of methoxy groups -OCH3 is 1. The highest BCUT2D eigenvalue weighted by atomic mass is 19.1. The Balaban J connectivity index is 1.82. The minimum atomic E-state index is -0.517. The summed E-state index contributed by atoms with van der Waals surface area (Å²) < 4.78 is 18.4. The monoisotopic (exact) mass is 341 g/mol. The molecule has 3 rings (SSSR count). The van der Waals surface area contributed by atoms with Gasteiger partial charge in [0, 0.05) is 29.6 Å². The van der Waals surface area contributed by atoms with Crippen LogP contribution in [0.5, 0.6) is 5.75 Å². The molecule has 0 aliphatic heterocycles. The summed E-state index contributed by atoms with van der Waals surface area (Å²) in [6.07, 6.45) is 3.44. The molecule has 1 fully saturated rings. The lowest BCUT2D eigenvalue weighted by Gasteiger charge is -2.15. The zero-order valence-electron chi connectivity index (χ0n) is 13.9. The number of carbonyl (C=O) groups excluding carboxylic acids is 1. The third-order valence-electron chi connectivity index (χ3n) is 4.43. The van der Waals surface area contributed by atoms with E-state index < -0.39 is 5.82 Å². The van der Waals surface area contributed by atoms with Crippen molar-refractivity contribution in [2.24, 2.45) is 0 Å². The predicted molar refractivity (Wildman–Crippen MR) is 94.8 cm³/mol. The largest absolute Gasteiger partial charge is 0.494 e. The normalized spacial score (nSPS) is 13.4. The van der Waals surface area contributed by atoms with Crippen molar-refractivity contribution in [2.75, 3.05) is 12.8 Å². The van der Waals surface area contributed by atoms with Gasteiger partial charge in [-0.3, -0.25) is 4.79 Å². The molecule has 4 N–H and O–H groups in total. The molecule has 6 heteroatoms. The van der Waals surface area contributed by atoms with Gasteiger partial charge in [-0.2, -0.15) is 0 Å². The van der Waals surface area contributed by atoms with Gasteiger partial charge in [-0.15, -0.1) is 0 Å². The lowest BCUT2D eigenvalue weighted by molar-refractivity contribution is 0.0950. The number of nitrogen functional groups attached to an aromatic ring is 1. The second kappa shape index (κ2) is 6.93. The van der Waals surface area contributed by atoms with Gasteiger partial charge in [0.2, 0.25) is 0 Å². The van der Waals surface area contributed by atoms with Crippen molar-refractivity contribution < 1.29 is 13.9 Å². The first-order chi connectivity index (χ1) is 12.0. The lowest BCUT2D eigenvalue weighted by atomic mass is 9.96. The number of halogens is 1. The number of hydrogen-bond acceptors (Lipinski definition) is 4. The van der Waals surface area contributed by atoms with Crippen LogP contribution in [0.3, 0.4) is 0 Å². The zero-order chi connectivity index (χ0) is 18.0. The predicted octanol–water partition coefficient (Wildman–Crippen LogP) is 3.22. The number of carbonyl (C=O) groups is 1. The van der Waals surface area contributed by atoms with Crippen molar-refractivity contribution in [3.05, 3.63) is 58.4 Å². The zero-order valence-corrected chi connectivity index (χ0v) is 13.9. The van der Waals surface area contributed by atoms with Crippen molar-refractivity contribution in [1.82, 2.24) is 5.32 Å². The van der Waals surface area contributed by atoms with Crippen LogP contribution in [0.2, 0.25) is 0 Å². The molecule has 0 bridgehead atoms. The fourth-order valence-electron chi connectivity index (χ4n) is 2.92. The van der Waals surface area contributed by atoms with E-state index in [1.165, 1.54) is 31.5 Å². The van der Waals surface area contributed by atoms with Crippen LogP contribution in [0.4, 0.5) is 10.1 Å². The molecule has 0 aromatic heterocycles. The van der Waals surface area contributed by atoms with Crippen LogP contribution in [0.15, 0.2) is 30.3 Å². The lowest BCUT2D eigenvalue weighted by Crippen LogP contribution is -2.24.